The Hall–Kier alpha value is -3.05. The average molecular weight is 411 g/mol. The summed E-state index contributed by atoms with van der Waals surface area (Å²) in [5.74, 6) is 0.290. The first kappa shape index (κ1) is 20.7. The van der Waals surface area contributed by atoms with Crippen LogP contribution in [0.15, 0.2) is 60.7 Å². The predicted octanol–water partition coefficient (Wildman–Crippen LogP) is 4.99. The van der Waals surface area contributed by atoms with Crippen LogP contribution in [0.5, 0.6) is 5.75 Å². The molecular weight excluding hydrogens is 388 g/mol. The zero-order valence-corrected chi connectivity index (χ0v) is 17.2. The van der Waals surface area contributed by atoms with Gasteiger partial charge < -0.3 is 15.0 Å². The van der Waals surface area contributed by atoms with Crippen molar-refractivity contribution in [1.29, 1.82) is 0 Å². The molecule has 0 aliphatic heterocycles. The molecule has 1 N–H and O–H groups in total. The molecule has 0 radical (unpaired) electrons. The lowest BCUT2D eigenvalue weighted by atomic mass is 10.1. The second kappa shape index (κ2) is 9.43. The van der Waals surface area contributed by atoms with Crippen molar-refractivity contribution in [1.82, 2.24) is 4.90 Å². The van der Waals surface area contributed by atoms with Crippen molar-refractivity contribution in [2.45, 2.75) is 13.8 Å². The summed E-state index contributed by atoms with van der Waals surface area (Å²) in [6.07, 6.45) is 0. The first-order valence-corrected chi connectivity index (χ1v) is 9.90. The molecule has 0 bridgehead atoms. The quantitative estimate of drug-likeness (QED) is 0.596. The maximum absolute atomic E-state index is 12.3. The number of nitrogens with one attached hydrogen (secondary N) is 1. The number of rotatable bonds is 7. The van der Waals surface area contributed by atoms with Crippen molar-refractivity contribution >= 4 is 39.9 Å². The second-order valence-corrected chi connectivity index (χ2v) is 6.89. The first-order valence-electron chi connectivity index (χ1n) is 9.52. The Morgan fingerprint density at radius 2 is 1.59 bits per heavy atom. The summed E-state index contributed by atoms with van der Waals surface area (Å²) in [4.78, 5) is 26.4. The molecule has 150 valence electrons. The third-order valence-electron chi connectivity index (χ3n) is 4.66. The fourth-order valence-corrected chi connectivity index (χ4v) is 3.32. The van der Waals surface area contributed by atoms with Crippen molar-refractivity contribution in [2.24, 2.45) is 0 Å². The van der Waals surface area contributed by atoms with Crippen LogP contribution in [0, 0.1) is 0 Å². The summed E-state index contributed by atoms with van der Waals surface area (Å²) in [5, 5.41) is 5.15. The Kier molecular flexibility index (Phi) is 6.73. The zero-order chi connectivity index (χ0) is 20.8. The maximum atomic E-state index is 12.3. The summed E-state index contributed by atoms with van der Waals surface area (Å²) in [6, 6.07) is 18.0. The van der Waals surface area contributed by atoms with Gasteiger partial charge in [0.25, 0.3) is 11.8 Å². The molecule has 0 unspecified atom stereocenters. The molecule has 0 aliphatic carbocycles. The van der Waals surface area contributed by atoms with Crippen LogP contribution in [-0.4, -0.2) is 36.4 Å². The molecule has 0 heterocycles. The van der Waals surface area contributed by atoms with Gasteiger partial charge in [0.1, 0.15) is 5.75 Å². The highest BCUT2D eigenvalue weighted by atomic mass is 35.5. The van der Waals surface area contributed by atoms with Crippen LogP contribution < -0.4 is 10.1 Å². The lowest BCUT2D eigenvalue weighted by Gasteiger charge is -2.18. The predicted molar refractivity (Wildman–Crippen MR) is 117 cm³/mol. The van der Waals surface area contributed by atoms with Gasteiger partial charge in [0.15, 0.2) is 6.61 Å². The number of fused-ring (bicyclic) bond motifs is 1. The van der Waals surface area contributed by atoms with Crippen LogP contribution >= 0.6 is 11.6 Å². The van der Waals surface area contributed by atoms with E-state index in [4.69, 9.17) is 16.3 Å². The average Bonchev–Trinajstić information content (AvgIpc) is 2.75. The van der Waals surface area contributed by atoms with Crippen molar-refractivity contribution in [3.63, 3.8) is 0 Å². The molecular formula is C23H23ClN2O3. The van der Waals surface area contributed by atoms with E-state index >= 15 is 0 Å². The topological polar surface area (TPSA) is 58.6 Å². The minimum Gasteiger partial charge on any atom is -0.483 e. The van der Waals surface area contributed by atoms with E-state index in [9.17, 15) is 9.59 Å². The number of amides is 2. The van der Waals surface area contributed by atoms with E-state index < -0.39 is 0 Å². The fraction of sp³-hybridized carbons (Fsp3) is 0.217. The molecule has 3 aromatic rings. The number of hydrogen-bond donors (Lipinski definition) is 1. The van der Waals surface area contributed by atoms with Crippen molar-refractivity contribution in [2.75, 3.05) is 25.0 Å². The molecule has 0 spiro atoms. The number of carbonyl (C=O) groups is 2. The van der Waals surface area contributed by atoms with Crippen LogP contribution in [0.4, 0.5) is 5.69 Å². The van der Waals surface area contributed by atoms with Crippen LogP contribution in [-0.2, 0) is 4.79 Å². The summed E-state index contributed by atoms with van der Waals surface area (Å²) < 4.78 is 5.70. The molecule has 6 heteroatoms. The summed E-state index contributed by atoms with van der Waals surface area (Å²) >= 11 is 6.21. The van der Waals surface area contributed by atoms with E-state index in [1.807, 2.05) is 38.1 Å². The van der Waals surface area contributed by atoms with E-state index in [1.54, 1.807) is 41.3 Å². The molecule has 2 amide bonds. The highest BCUT2D eigenvalue weighted by Gasteiger charge is 2.13. The number of halogens is 1. The Morgan fingerprint density at radius 1 is 0.931 bits per heavy atom. The highest BCUT2D eigenvalue weighted by molar-refractivity contribution is 6.35. The molecule has 0 atom stereocenters. The molecule has 0 saturated carbocycles. The summed E-state index contributed by atoms with van der Waals surface area (Å²) in [6.45, 7) is 5.07. The molecule has 0 saturated heterocycles. The third-order valence-corrected chi connectivity index (χ3v) is 4.99. The van der Waals surface area contributed by atoms with Crippen LogP contribution in [0.25, 0.3) is 10.8 Å². The number of hydrogen-bond acceptors (Lipinski definition) is 3. The number of carbonyl (C=O) groups excluding carboxylic acids is 2. The van der Waals surface area contributed by atoms with Gasteiger partial charge in [-0.1, -0.05) is 35.9 Å². The van der Waals surface area contributed by atoms with Crippen LogP contribution in [0.1, 0.15) is 24.2 Å². The van der Waals surface area contributed by atoms with Gasteiger partial charge in [0, 0.05) is 40.1 Å². The minimum atomic E-state index is -0.285. The monoisotopic (exact) mass is 410 g/mol. The Morgan fingerprint density at radius 3 is 2.24 bits per heavy atom. The largest absolute Gasteiger partial charge is 0.483 e. The molecule has 0 fully saturated rings. The van der Waals surface area contributed by atoms with Crippen LogP contribution in [0.2, 0.25) is 5.02 Å². The number of ether oxygens (including phenoxy) is 1. The van der Waals surface area contributed by atoms with E-state index in [0.29, 0.717) is 35.1 Å². The Bertz CT molecular complexity index is 1010. The standard InChI is InChI=1S/C23H23ClN2O3/c1-3-26(4-2)23(28)16-9-11-17(12-10-16)25-22(27)15-29-21-14-13-20(24)18-7-5-6-8-19(18)21/h5-14H,3-4,15H2,1-2H3,(H,25,27). The number of anilines is 1. The van der Waals surface area contributed by atoms with Gasteiger partial charge in [-0.3, -0.25) is 9.59 Å². The van der Waals surface area contributed by atoms with Gasteiger partial charge in [-0.25, -0.2) is 0 Å². The molecule has 0 aromatic heterocycles. The lowest BCUT2D eigenvalue weighted by Crippen LogP contribution is -2.30. The lowest BCUT2D eigenvalue weighted by molar-refractivity contribution is -0.118. The van der Waals surface area contributed by atoms with E-state index in [-0.39, 0.29) is 18.4 Å². The SMILES string of the molecule is CCN(CC)C(=O)c1ccc(NC(=O)COc2ccc(Cl)c3ccccc23)cc1. The molecule has 3 rings (SSSR count). The molecule has 29 heavy (non-hydrogen) atoms. The van der Waals surface area contributed by atoms with Crippen molar-refractivity contribution in [3.8, 4) is 5.75 Å². The maximum Gasteiger partial charge on any atom is 0.262 e. The van der Waals surface area contributed by atoms with Crippen LogP contribution in [0.3, 0.4) is 0 Å². The van der Waals surface area contributed by atoms with Gasteiger partial charge in [0.2, 0.25) is 0 Å². The number of nitrogens with zero attached hydrogens (tertiary/aromatic N) is 1. The Labute approximate surface area is 175 Å². The molecule has 3 aromatic carbocycles. The molecule has 5 nitrogen and oxygen atoms in total. The van der Waals surface area contributed by atoms with Crippen molar-refractivity contribution < 1.29 is 14.3 Å². The van der Waals surface area contributed by atoms with Gasteiger partial charge in [0.05, 0.1) is 0 Å². The van der Waals surface area contributed by atoms with E-state index in [2.05, 4.69) is 5.32 Å². The van der Waals surface area contributed by atoms with E-state index in [0.717, 1.165) is 10.8 Å². The minimum absolute atomic E-state index is 0.0224. The normalized spacial score (nSPS) is 10.6. The van der Waals surface area contributed by atoms with Gasteiger partial charge in [-0.05, 0) is 50.2 Å². The summed E-state index contributed by atoms with van der Waals surface area (Å²) in [5.41, 5.74) is 1.20. The zero-order valence-electron chi connectivity index (χ0n) is 16.4. The number of benzene rings is 3. The van der Waals surface area contributed by atoms with Gasteiger partial charge >= 0.3 is 0 Å². The summed E-state index contributed by atoms with van der Waals surface area (Å²) in [7, 11) is 0. The second-order valence-electron chi connectivity index (χ2n) is 6.48. The van der Waals surface area contributed by atoms with Crippen molar-refractivity contribution in [3.05, 3.63) is 71.2 Å². The highest BCUT2D eigenvalue weighted by Crippen LogP contribution is 2.31. The van der Waals surface area contributed by atoms with E-state index in [1.165, 1.54) is 0 Å². The fourth-order valence-electron chi connectivity index (χ4n) is 3.09. The van der Waals surface area contributed by atoms with Gasteiger partial charge in [-0.15, -0.1) is 0 Å². The Balaban J connectivity index is 1.62. The first-order chi connectivity index (χ1) is 14.0. The molecule has 0 aliphatic rings. The van der Waals surface area contributed by atoms with Gasteiger partial charge in [-0.2, -0.15) is 0 Å². The smallest absolute Gasteiger partial charge is 0.262 e. The third kappa shape index (κ3) is 4.87.